The number of thiophene rings is 1. The molecule has 0 saturated heterocycles. The molecule has 0 amide bonds. The van der Waals surface area contributed by atoms with Crippen LogP contribution in [0.4, 0.5) is 0 Å². The maximum Gasteiger partial charge on any atom is 0.196 e. The second kappa shape index (κ2) is 6.63. The zero-order chi connectivity index (χ0) is 13.8. The van der Waals surface area contributed by atoms with E-state index >= 15 is 0 Å². The number of halogens is 2. The Labute approximate surface area is 132 Å². The molecule has 0 atom stereocenters. The Bertz CT molecular complexity index is 598. The summed E-state index contributed by atoms with van der Waals surface area (Å²) in [5.41, 5.74) is 1.16. The summed E-state index contributed by atoms with van der Waals surface area (Å²) >= 11 is 8.23. The standard InChI is InChI=1S/C13H11Br2NO2S/c1-2-3-18-9-4-8(6-16-7-9)12(17)10-5-11(14)19-13(10)15/h4-7H,2-3H2,1H3. The Morgan fingerprint density at radius 2 is 2.16 bits per heavy atom. The highest BCUT2D eigenvalue weighted by molar-refractivity contribution is 9.12. The number of aromatic nitrogens is 1. The van der Waals surface area contributed by atoms with Crippen molar-refractivity contribution in [1.29, 1.82) is 0 Å². The Kier molecular flexibility index (Phi) is 5.13. The van der Waals surface area contributed by atoms with Crippen LogP contribution in [0.25, 0.3) is 0 Å². The molecule has 2 heterocycles. The number of pyridine rings is 1. The van der Waals surface area contributed by atoms with Crippen molar-refractivity contribution < 1.29 is 9.53 Å². The number of carbonyl (C=O) groups excluding carboxylic acids is 1. The maximum absolute atomic E-state index is 12.4. The third-order valence-corrected chi connectivity index (χ3v) is 4.69. The highest BCUT2D eigenvalue weighted by Gasteiger charge is 2.16. The van der Waals surface area contributed by atoms with Crippen LogP contribution >= 0.6 is 43.2 Å². The van der Waals surface area contributed by atoms with Gasteiger partial charge in [0.15, 0.2) is 5.78 Å². The predicted octanol–water partition coefficient (Wildman–Crippen LogP) is 4.69. The minimum absolute atomic E-state index is 0.0664. The smallest absolute Gasteiger partial charge is 0.196 e. The van der Waals surface area contributed by atoms with Gasteiger partial charge in [-0.2, -0.15) is 0 Å². The van der Waals surface area contributed by atoms with Crippen molar-refractivity contribution in [3.63, 3.8) is 0 Å². The molecule has 0 N–H and O–H groups in total. The summed E-state index contributed by atoms with van der Waals surface area (Å²) in [7, 11) is 0. The molecule has 0 radical (unpaired) electrons. The lowest BCUT2D eigenvalue weighted by Crippen LogP contribution is -2.03. The Morgan fingerprint density at radius 1 is 1.37 bits per heavy atom. The van der Waals surface area contributed by atoms with Crippen molar-refractivity contribution in [2.75, 3.05) is 6.61 Å². The predicted molar refractivity (Wildman–Crippen MR) is 83.2 cm³/mol. The van der Waals surface area contributed by atoms with Gasteiger partial charge in [0.2, 0.25) is 0 Å². The Morgan fingerprint density at radius 3 is 2.79 bits per heavy atom. The molecule has 0 aromatic carbocycles. The number of hydrogen-bond acceptors (Lipinski definition) is 4. The van der Waals surface area contributed by atoms with E-state index in [-0.39, 0.29) is 5.78 Å². The maximum atomic E-state index is 12.4. The molecule has 100 valence electrons. The molecule has 0 spiro atoms. The van der Waals surface area contributed by atoms with Crippen LogP contribution in [0.2, 0.25) is 0 Å². The van der Waals surface area contributed by atoms with Gasteiger partial charge in [-0.15, -0.1) is 11.3 Å². The first-order valence-corrected chi connectivity index (χ1v) is 8.09. The molecule has 6 heteroatoms. The largest absolute Gasteiger partial charge is 0.492 e. The van der Waals surface area contributed by atoms with E-state index in [1.165, 1.54) is 11.3 Å². The third kappa shape index (κ3) is 3.64. The van der Waals surface area contributed by atoms with Crippen LogP contribution in [0.15, 0.2) is 32.1 Å². The zero-order valence-corrected chi connectivity index (χ0v) is 14.1. The van der Waals surface area contributed by atoms with E-state index in [2.05, 4.69) is 36.8 Å². The van der Waals surface area contributed by atoms with E-state index in [1.54, 1.807) is 24.5 Å². The van der Waals surface area contributed by atoms with Gasteiger partial charge < -0.3 is 4.74 Å². The van der Waals surface area contributed by atoms with Crippen molar-refractivity contribution in [1.82, 2.24) is 4.98 Å². The van der Waals surface area contributed by atoms with Gasteiger partial charge >= 0.3 is 0 Å². The van der Waals surface area contributed by atoms with Crippen molar-refractivity contribution in [3.05, 3.63) is 43.2 Å². The van der Waals surface area contributed by atoms with E-state index in [0.717, 1.165) is 14.0 Å². The topological polar surface area (TPSA) is 39.2 Å². The van der Waals surface area contributed by atoms with Gasteiger partial charge in [0, 0.05) is 17.3 Å². The van der Waals surface area contributed by atoms with Crippen LogP contribution in [0.5, 0.6) is 5.75 Å². The van der Waals surface area contributed by atoms with E-state index in [1.807, 2.05) is 6.92 Å². The van der Waals surface area contributed by atoms with E-state index < -0.39 is 0 Å². The summed E-state index contributed by atoms with van der Waals surface area (Å²) in [6.45, 7) is 2.65. The van der Waals surface area contributed by atoms with Gasteiger partial charge in [0.05, 0.1) is 20.4 Å². The van der Waals surface area contributed by atoms with E-state index in [4.69, 9.17) is 4.74 Å². The van der Waals surface area contributed by atoms with Crippen LogP contribution in [-0.4, -0.2) is 17.4 Å². The van der Waals surface area contributed by atoms with Crippen molar-refractivity contribution in [2.45, 2.75) is 13.3 Å². The summed E-state index contributed by atoms with van der Waals surface area (Å²) in [5, 5.41) is 0. The van der Waals surface area contributed by atoms with Crippen LogP contribution in [0.3, 0.4) is 0 Å². The van der Waals surface area contributed by atoms with Gasteiger partial charge in [-0.1, -0.05) is 6.92 Å². The number of nitrogens with zero attached hydrogens (tertiary/aromatic N) is 1. The summed E-state index contributed by atoms with van der Waals surface area (Å²) < 4.78 is 7.20. The van der Waals surface area contributed by atoms with Crippen LogP contribution in [-0.2, 0) is 0 Å². The normalized spacial score (nSPS) is 10.5. The summed E-state index contributed by atoms with van der Waals surface area (Å²) in [6.07, 6.45) is 4.09. The first-order valence-electron chi connectivity index (χ1n) is 5.69. The summed E-state index contributed by atoms with van der Waals surface area (Å²) in [4.78, 5) is 16.4. The van der Waals surface area contributed by atoms with E-state index in [0.29, 0.717) is 23.5 Å². The monoisotopic (exact) mass is 403 g/mol. The lowest BCUT2D eigenvalue weighted by molar-refractivity contribution is 0.103. The highest BCUT2D eigenvalue weighted by Crippen LogP contribution is 2.33. The van der Waals surface area contributed by atoms with Gasteiger partial charge in [0.25, 0.3) is 0 Å². The molecule has 2 aromatic rings. The number of carbonyl (C=O) groups is 1. The second-order valence-electron chi connectivity index (χ2n) is 3.82. The minimum Gasteiger partial charge on any atom is -0.492 e. The molecule has 2 rings (SSSR count). The molecule has 2 aromatic heterocycles. The van der Waals surface area contributed by atoms with Crippen molar-refractivity contribution >= 4 is 49.0 Å². The van der Waals surface area contributed by atoms with E-state index in [9.17, 15) is 4.79 Å². The summed E-state index contributed by atoms with van der Waals surface area (Å²) in [6, 6.07) is 3.53. The molecule has 0 aliphatic carbocycles. The van der Waals surface area contributed by atoms with Gasteiger partial charge in [0.1, 0.15) is 5.75 Å². The third-order valence-electron chi connectivity index (χ3n) is 2.35. The molecule has 0 bridgehead atoms. The fourth-order valence-corrected chi connectivity index (χ4v) is 4.29. The van der Waals surface area contributed by atoms with Gasteiger partial charge in [-0.05, 0) is 50.4 Å². The molecule has 0 saturated carbocycles. The number of rotatable bonds is 5. The molecule has 0 unspecified atom stereocenters. The fraction of sp³-hybridized carbons (Fsp3) is 0.231. The first-order chi connectivity index (χ1) is 9.11. The van der Waals surface area contributed by atoms with Gasteiger partial charge in [-0.25, -0.2) is 0 Å². The van der Waals surface area contributed by atoms with Crippen LogP contribution in [0, 0.1) is 0 Å². The SMILES string of the molecule is CCCOc1cncc(C(=O)c2cc(Br)sc2Br)c1. The molecule has 19 heavy (non-hydrogen) atoms. The molecular formula is C13H11Br2NO2S. The number of ether oxygens (including phenoxy) is 1. The number of ketones is 1. The lowest BCUT2D eigenvalue weighted by atomic mass is 10.1. The van der Waals surface area contributed by atoms with Crippen LogP contribution < -0.4 is 4.74 Å². The highest BCUT2D eigenvalue weighted by atomic mass is 79.9. The van der Waals surface area contributed by atoms with Crippen molar-refractivity contribution in [2.24, 2.45) is 0 Å². The average molecular weight is 405 g/mol. The Hall–Kier alpha value is -0.720. The molecule has 3 nitrogen and oxygen atoms in total. The van der Waals surface area contributed by atoms with Gasteiger partial charge in [-0.3, -0.25) is 9.78 Å². The molecule has 0 aliphatic rings. The lowest BCUT2D eigenvalue weighted by Gasteiger charge is -2.05. The van der Waals surface area contributed by atoms with Crippen LogP contribution in [0.1, 0.15) is 29.3 Å². The molecular weight excluding hydrogens is 394 g/mol. The molecule has 0 fully saturated rings. The Balaban J connectivity index is 2.26. The quantitative estimate of drug-likeness (QED) is 0.678. The fourth-order valence-electron chi connectivity index (χ4n) is 1.49. The average Bonchev–Trinajstić information content (AvgIpc) is 2.75. The first kappa shape index (κ1) is 14.7. The van der Waals surface area contributed by atoms with Crippen molar-refractivity contribution in [3.8, 4) is 5.75 Å². The summed E-state index contributed by atoms with van der Waals surface area (Å²) in [5.74, 6) is 0.557. The number of hydrogen-bond donors (Lipinski definition) is 0. The minimum atomic E-state index is -0.0664. The second-order valence-corrected chi connectivity index (χ2v) is 7.57. The zero-order valence-electron chi connectivity index (χ0n) is 10.2. The molecule has 0 aliphatic heterocycles.